The second-order valence-electron chi connectivity index (χ2n) is 3.14. The van der Waals surface area contributed by atoms with E-state index < -0.39 is 6.10 Å². The minimum Gasteiger partial charge on any atom is -0.494 e. The summed E-state index contributed by atoms with van der Waals surface area (Å²) in [5.41, 5.74) is 0.915. The van der Waals surface area contributed by atoms with E-state index >= 15 is 0 Å². The lowest BCUT2D eigenvalue weighted by Crippen LogP contribution is -1.98. The summed E-state index contributed by atoms with van der Waals surface area (Å²) in [5, 5.41) is 10.2. The quantitative estimate of drug-likeness (QED) is 0.650. The monoisotopic (exact) mass is 258 g/mol. The molecule has 0 saturated heterocycles. The van der Waals surface area contributed by atoms with Crippen molar-refractivity contribution >= 4 is 15.9 Å². The molecule has 0 aliphatic carbocycles. The van der Waals surface area contributed by atoms with E-state index in [9.17, 15) is 5.11 Å². The number of aliphatic hydroxyl groups excluding tert-OH is 1. The van der Waals surface area contributed by atoms with Gasteiger partial charge in [-0.25, -0.2) is 0 Å². The molecule has 14 heavy (non-hydrogen) atoms. The van der Waals surface area contributed by atoms with Crippen LogP contribution in [0.2, 0.25) is 0 Å². The molecule has 0 heterocycles. The van der Waals surface area contributed by atoms with Crippen LogP contribution in [0, 0.1) is 0 Å². The SMILES string of the molecule is CC(O)c1ccc(OCCCBr)cc1. The highest BCUT2D eigenvalue weighted by atomic mass is 79.9. The highest BCUT2D eigenvalue weighted by molar-refractivity contribution is 9.09. The van der Waals surface area contributed by atoms with Gasteiger partial charge in [0.1, 0.15) is 5.75 Å². The first kappa shape index (κ1) is 11.5. The molecule has 78 valence electrons. The lowest BCUT2D eigenvalue weighted by atomic mass is 10.1. The average molecular weight is 259 g/mol. The molecule has 0 aromatic heterocycles. The maximum atomic E-state index is 9.28. The van der Waals surface area contributed by atoms with Gasteiger partial charge in [-0.2, -0.15) is 0 Å². The van der Waals surface area contributed by atoms with E-state index in [-0.39, 0.29) is 0 Å². The van der Waals surface area contributed by atoms with Crippen LogP contribution in [0.1, 0.15) is 25.0 Å². The molecule has 0 amide bonds. The summed E-state index contributed by atoms with van der Waals surface area (Å²) in [4.78, 5) is 0. The van der Waals surface area contributed by atoms with E-state index in [2.05, 4.69) is 15.9 Å². The number of ether oxygens (including phenoxy) is 1. The van der Waals surface area contributed by atoms with Gasteiger partial charge in [-0.15, -0.1) is 0 Å². The number of aliphatic hydroxyl groups is 1. The Morgan fingerprint density at radius 3 is 2.50 bits per heavy atom. The molecule has 0 saturated carbocycles. The number of halogens is 1. The van der Waals surface area contributed by atoms with Gasteiger partial charge in [0, 0.05) is 5.33 Å². The van der Waals surface area contributed by atoms with Crippen molar-refractivity contribution in [2.24, 2.45) is 0 Å². The van der Waals surface area contributed by atoms with Crippen molar-refractivity contribution in [1.29, 1.82) is 0 Å². The van der Waals surface area contributed by atoms with Crippen molar-refractivity contribution in [2.45, 2.75) is 19.4 Å². The highest BCUT2D eigenvalue weighted by Gasteiger charge is 2.00. The van der Waals surface area contributed by atoms with Crippen LogP contribution < -0.4 is 4.74 Å². The zero-order valence-electron chi connectivity index (χ0n) is 8.24. The highest BCUT2D eigenvalue weighted by Crippen LogP contribution is 2.17. The van der Waals surface area contributed by atoms with Gasteiger partial charge < -0.3 is 9.84 Å². The Balaban J connectivity index is 2.47. The first-order valence-corrected chi connectivity index (χ1v) is 5.83. The topological polar surface area (TPSA) is 29.5 Å². The predicted molar refractivity (Wildman–Crippen MR) is 61.0 cm³/mol. The molecule has 1 aromatic carbocycles. The molecule has 1 unspecified atom stereocenters. The van der Waals surface area contributed by atoms with Crippen molar-refractivity contribution in [1.82, 2.24) is 0 Å². The lowest BCUT2D eigenvalue weighted by molar-refractivity contribution is 0.199. The predicted octanol–water partition coefficient (Wildman–Crippen LogP) is 2.90. The summed E-state index contributed by atoms with van der Waals surface area (Å²) in [5.74, 6) is 0.857. The summed E-state index contributed by atoms with van der Waals surface area (Å²) >= 11 is 3.34. The van der Waals surface area contributed by atoms with E-state index in [1.807, 2.05) is 24.3 Å². The molecular formula is C11H15BrO2. The van der Waals surface area contributed by atoms with E-state index in [1.165, 1.54) is 0 Å². The molecular weight excluding hydrogens is 244 g/mol. The minimum atomic E-state index is -0.411. The number of hydrogen-bond donors (Lipinski definition) is 1. The van der Waals surface area contributed by atoms with Gasteiger partial charge in [0.2, 0.25) is 0 Å². The minimum absolute atomic E-state index is 0.411. The van der Waals surface area contributed by atoms with Gasteiger partial charge in [0.25, 0.3) is 0 Å². The van der Waals surface area contributed by atoms with Crippen molar-refractivity contribution in [3.8, 4) is 5.75 Å². The van der Waals surface area contributed by atoms with Crippen LogP contribution in [0.25, 0.3) is 0 Å². The molecule has 3 heteroatoms. The van der Waals surface area contributed by atoms with Crippen LogP contribution in [-0.4, -0.2) is 17.0 Å². The molecule has 1 atom stereocenters. The maximum Gasteiger partial charge on any atom is 0.119 e. The average Bonchev–Trinajstić information content (AvgIpc) is 2.19. The Morgan fingerprint density at radius 2 is 2.00 bits per heavy atom. The first-order chi connectivity index (χ1) is 6.74. The fourth-order valence-corrected chi connectivity index (χ4v) is 1.32. The second-order valence-corrected chi connectivity index (χ2v) is 3.93. The third kappa shape index (κ3) is 3.68. The largest absolute Gasteiger partial charge is 0.494 e. The van der Waals surface area contributed by atoms with E-state index in [0.29, 0.717) is 0 Å². The standard InChI is InChI=1S/C11H15BrO2/c1-9(13)10-3-5-11(6-4-10)14-8-2-7-12/h3-6,9,13H,2,7-8H2,1H3. The van der Waals surface area contributed by atoms with Gasteiger partial charge in [-0.05, 0) is 31.0 Å². The zero-order chi connectivity index (χ0) is 10.4. The number of rotatable bonds is 5. The Hall–Kier alpha value is -0.540. The molecule has 1 rings (SSSR count). The van der Waals surface area contributed by atoms with Gasteiger partial charge in [-0.3, -0.25) is 0 Å². The Labute approximate surface area is 93.0 Å². The molecule has 0 radical (unpaired) electrons. The maximum absolute atomic E-state index is 9.28. The molecule has 1 aromatic rings. The molecule has 0 bridgehead atoms. The van der Waals surface area contributed by atoms with Crippen molar-refractivity contribution in [2.75, 3.05) is 11.9 Å². The molecule has 0 spiro atoms. The van der Waals surface area contributed by atoms with Crippen LogP contribution in [-0.2, 0) is 0 Å². The lowest BCUT2D eigenvalue weighted by Gasteiger charge is -2.07. The molecule has 2 nitrogen and oxygen atoms in total. The number of alkyl halides is 1. The van der Waals surface area contributed by atoms with Gasteiger partial charge in [0.05, 0.1) is 12.7 Å². The molecule has 0 aliphatic rings. The fourth-order valence-electron chi connectivity index (χ4n) is 1.09. The number of benzene rings is 1. The Kier molecular flexibility index (Phi) is 4.98. The second kappa shape index (κ2) is 6.04. The van der Waals surface area contributed by atoms with Gasteiger partial charge in [0.15, 0.2) is 0 Å². The van der Waals surface area contributed by atoms with Gasteiger partial charge in [-0.1, -0.05) is 28.1 Å². The van der Waals surface area contributed by atoms with Gasteiger partial charge >= 0.3 is 0 Å². The van der Waals surface area contributed by atoms with E-state index in [1.54, 1.807) is 6.92 Å². The third-order valence-electron chi connectivity index (χ3n) is 1.91. The zero-order valence-corrected chi connectivity index (χ0v) is 9.83. The Morgan fingerprint density at radius 1 is 1.36 bits per heavy atom. The normalized spacial score (nSPS) is 12.5. The Bertz CT molecular complexity index is 256. The molecule has 0 fully saturated rings. The van der Waals surface area contributed by atoms with Crippen LogP contribution in [0.15, 0.2) is 24.3 Å². The summed E-state index contributed by atoms with van der Waals surface area (Å²) < 4.78 is 5.47. The van der Waals surface area contributed by atoms with Crippen molar-refractivity contribution in [3.63, 3.8) is 0 Å². The summed E-state index contributed by atoms with van der Waals surface area (Å²) in [7, 11) is 0. The van der Waals surface area contributed by atoms with Crippen molar-refractivity contribution in [3.05, 3.63) is 29.8 Å². The van der Waals surface area contributed by atoms with E-state index in [0.717, 1.165) is 29.7 Å². The smallest absolute Gasteiger partial charge is 0.119 e. The third-order valence-corrected chi connectivity index (χ3v) is 2.47. The van der Waals surface area contributed by atoms with E-state index in [4.69, 9.17) is 4.74 Å². The van der Waals surface area contributed by atoms with Crippen molar-refractivity contribution < 1.29 is 9.84 Å². The summed E-state index contributed by atoms with van der Waals surface area (Å²) in [6, 6.07) is 7.54. The van der Waals surface area contributed by atoms with Crippen LogP contribution in [0.3, 0.4) is 0 Å². The fraction of sp³-hybridized carbons (Fsp3) is 0.455. The molecule has 1 N–H and O–H groups in total. The molecule has 0 aliphatic heterocycles. The van der Waals surface area contributed by atoms with Crippen LogP contribution in [0.5, 0.6) is 5.75 Å². The van der Waals surface area contributed by atoms with Crippen LogP contribution >= 0.6 is 15.9 Å². The summed E-state index contributed by atoms with van der Waals surface area (Å²) in [6.07, 6.45) is 0.588. The van der Waals surface area contributed by atoms with Crippen LogP contribution in [0.4, 0.5) is 0 Å². The summed E-state index contributed by atoms with van der Waals surface area (Å²) in [6.45, 7) is 2.47. The number of hydrogen-bond acceptors (Lipinski definition) is 2. The first-order valence-electron chi connectivity index (χ1n) is 4.71.